The summed E-state index contributed by atoms with van der Waals surface area (Å²) < 4.78 is 0. The molecule has 0 spiro atoms. The smallest absolute Gasteiger partial charge is 0.261 e. The summed E-state index contributed by atoms with van der Waals surface area (Å²) >= 11 is 3.17. The van der Waals surface area contributed by atoms with Crippen LogP contribution in [0.1, 0.15) is 25.3 Å². The first kappa shape index (κ1) is 12.3. The molecule has 2 rings (SSSR count). The Bertz CT molecular complexity index is 503. The number of thiophene rings is 1. The van der Waals surface area contributed by atoms with Crippen LogP contribution in [-0.4, -0.2) is 17.4 Å². The van der Waals surface area contributed by atoms with Gasteiger partial charge in [0.25, 0.3) is 5.91 Å². The van der Waals surface area contributed by atoms with Crippen LogP contribution in [-0.2, 0) is 6.42 Å². The minimum Gasteiger partial charge on any atom is -0.351 e. The molecular weight excluding hydrogens is 252 g/mol. The Morgan fingerprint density at radius 1 is 1.47 bits per heavy atom. The molecule has 0 radical (unpaired) electrons. The molecule has 0 aliphatic heterocycles. The van der Waals surface area contributed by atoms with Crippen molar-refractivity contribution < 1.29 is 4.79 Å². The van der Waals surface area contributed by atoms with Gasteiger partial charge in [-0.05, 0) is 25.3 Å². The number of rotatable bonds is 4. The van der Waals surface area contributed by atoms with Crippen molar-refractivity contribution in [1.29, 1.82) is 0 Å². The summed E-state index contributed by atoms with van der Waals surface area (Å²) in [6, 6.07) is 3.72. The SMILES string of the molecule is Cc1nc(C)c(CCNC(=O)c2cccs2)s1. The van der Waals surface area contributed by atoms with Gasteiger partial charge in [-0.15, -0.1) is 22.7 Å². The van der Waals surface area contributed by atoms with Crippen LogP contribution in [0.25, 0.3) is 0 Å². The number of amides is 1. The summed E-state index contributed by atoms with van der Waals surface area (Å²) in [6.45, 7) is 4.69. The zero-order chi connectivity index (χ0) is 12.3. The van der Waals surface area contributed by atoms with Crippen LogP contribution in [0.15, 0.2) is 17.5 Å². The van der Waals surface area contributed by atoms with E-state index in [1.54, 1.807) is 11.3 Å². The van der Waals surface area contributed by atoms with Crippen LogP contribution >= 0.6 is 22.7 Å². The first-order valence-electron chi connectivity index (χ1n) is 5.41. The van der Waals surface area contributed by atoms with E-state index in [0.29, 0.717) is 6.54 Å². The Labute approximate surface area is 109 Å². The van der Waals surface area contributed by atoms with Gasteiger partial charge in [0.05, 0.1) is 15.6 Å². The fraction of sp³-hybridized carbons (Fsp3) is 0.333. The quantitative estimate of drug-likeness (QED) is 0.924. The topological polar surface area (TPSA) is 42.0 Å². The predicted molar refractivity (Wildman–Crippen MR) is 71.9 cm³/mol. The van der Waals surface area contributed by atoms with Crippen molar-refractivity contribution in [3.8, 4) is 0 Å². The van der Waals surface area contributed by atoms with Crippen molar-refractivity contribution in [3.05, 3.63) is 38.0 Å². The minimum absolute atomic E-state index is 0.0129. The molecule has 0 saturated heterocycles. The second-order valence-corrected chi connectivity index (χ2v) is 5.96. The average molecular weight is 266 g/mol. The molecule has 0 aromatic carbocycles. The molecule has 0 fully saturated rings. The molecule has 0 bridgehead atoms. The van der Waals surface area contributed by atoms with E-state index in [4.69, 9.17) is 0 Å². The van der Waals surface area contributed by atoms with E-state index < -0.39 is 0 Å². The molecule has 1 amide bonds. The molecule has 0 saturated carbocycles. The fourth-order valence-corrected chi connectivity index (χ4v) is 3.17. The number of aromatic nitrogens is 1. The molecule has 2 aromatic heterocycles. The van der Waals surface area contributed by atoms with Crippen LogP contribution in [0.4, 0.5) is 0 Å². The predicted octanol–water partition coefficient (Wildman–Crippen LogP) is 2.79. The number of hydrogen-bond acceptors (Lipinski definition) is 4. The number of nitrogens with zero attached hydrogens (tertiary/aromatic N) is 1. The number of thiazole rings is 1. The van der Waals surface area contributed by atoms with Crippen molar-refractivity contribution >= 4 is 28.6 Å². The Hall–Kier alpha value is -1.20. The number of carbonyl (C=O) groups is 1. The highest BCUT2D eigenvalue weighted by Gasteiger charge is 2.07. The minimum atomic E-state index is 0.0129. The number of hydrogen-bond donors (Lipinski definition) is 1. The van der Waals surface area contributed by atoms with Gasteiger partial charge in [0.2, 0.25) is 0 Å². The average Bonchev–Trinajstić information content (AvgIpc) is 2.89. The van der Waals surface area contributed by atoms with E-state index in [9.17, 15) is 4.79 Å². The van der Waals surface area contributed by atoms with Crippen molar-refractivity contribution in [2.75, 3.05) is 6.54 Å². The van der Waals surface area contributed by atoms with Gasteiger partial charge in [0.1, 0.15) is 0 Å². The summed E-state index contributed by atoms with van der Waals surface area (Å²) in [7, 11) is 0. The zero-order valence-electron chi connectivity index (χ0n) is 9.82. The summed E-state index contributed by atoms with van der Waals surface area (Å²) in [5.74, 6) is 0.0129. The summed E-state index contributed by atoms with van der Waals surface area (Å²) in [4.78, 5) is 18.1. The lowest BCUT2D eigenvalue weighted by atomic mass is 10.3. The molecule has 3 nitrogen and oxygen atoms in total. The number of nitrogens with one attached hydrogen (secondary N) is 1. The highest BCUT2D eigenvalue weighted by molar-refractivity contribution is 7.12. The molecule has 17 heavy (non-hydrogen) atoms. The second kappa shape index (κ2) is 5.42. The van der Waals surface area contributed by atoms with E-state index in [1.165, 1.54) is 16.2 Å². The van der Waals surface area contributed by atoms with E-state index in [2.05, 4.69) is 10.3 Å². The van der Waals surface area contributed by atoms with Crippen molar-refractivity contribution in [2.45, 2.75) is 20.3 Å². The van der Waals surface area contributed by atoms with E-state index >= 15 is 0 Å². The molecule has 5 heteroatoms. The lowest BCUT2D eigenvalue weighted by molar-refractivity contribution is 0.0958. The Morgan fingerprint density at radius 3 is 2.88 bits per heavy atom. The molecule has 0 unspecified atom stereocenters. The Kier molecular flexibility index (Phi) is 3.91. The lowest BCUT2D eigenvalue weighted by Crippen LogP contribution is -2.24. The van der Waals surface area contributed by atoms with Crippen LogP contribution in [0.3, 0.4) is 0 Å². The maximum absolute atomic E-state index is 11.7. The molecule has 0 aliphatic rings. The fourth-order valence-electron chi connectivity index (χ4n) is 1.59. The number of aryl methyl sites for hydroxylation is 2. The third kappa shape index (κ3) is 3.14. The van der Waals surface area contributed by atoms with Gasteiger partial charge in [-0.3, -0.25) is 4.79 Å². The van der Waals surface area contributed by atoms with E-state index in [0.717, 1.165) is 22.0 Å². The van der Waals surface area contributed by atoms with E-state index in [1.807, 2.05) is 31.4 Å². The lowest BCUT2D eigenvalue weighted by Gasteiger charge is -2.02. The van der Waals surface area contributed by atoms with Crippen molar-refractivity contribution in [1.82, 2.24) is 10.3 Å². The van der Waals surface area contributed by atoms with Crippen molar-refractivity contribution in [3.63, 3.8) is 0 Å². The van der Waals surface area contributed by atoms with Gasteiger partial charge in [-0.25, -0.2) is 4.98 Å². The third-order valence-electron chi connectivity index (χ3n) is 2.38. The molecule has 0 aliphatic carbocycles. The maximum Gasteiger partial charge on any atom is 0.261 e. The van der Waals surface area contributed by atoms with Gasteiger partial charge >= 0.3 is 0 Å². The van der Waals surface area contributed by atoms with Crippen molar-refractivity contribution in [2.24, 2.45) is 0 Å². The summed E-state index contributed by atoms with van der Waals surface area (Å²) in [5, 5.41) is 5.91. The van der Waals surface area contributed by atoms with Gasteiger partial charge in [0.15, 0.2) is 0 Å². The highest BCUT2D eigenvalue weighted by atomic mass is 32.1. The monoisotopic (exact) mass is 266 g/mol. The third-order valence-corrected chi connectivity index (χ3v) is 4.38. The second-order valence-electron chi connectivity index (χ2n) is 3.72. The maximum atomic E-state index is 11.7. The molecule has 2 aromatic rings. The van der Waals surface area contributed by atoms with Crippen LogP contribution in [0.5, 0.6) is 0 Å². The van der Waals surface area contributed by atoms with Crippen LogP contribution in [0, 0.1) is 13.8 Å². The summed E-state index contributed by atoms with van der Waals surface area (Å²) in [6.07, 6.45) is 0.856. The standard InChI is InChI=1S/C12H14N2OS2/c1-8-10(17-9(2)14-8)5-6-13-12(15)11-4-3-7-16-11/h3-4,7H,5-6H2,1-2H3,(H,13,15). The van der Waals surface area contributed by atoms with Gasteiger partial charge in [0, 0.05) is 17.8 Å². The van der Waals surface area contributed by atoms with Gasteiger partial charge in [-0.1, -0.05) is 6.07 Å². The van der Waals surface area contributed by atoms with Gasteiger partial charge in [-0.2, -0.15) is 0 Å². The number of carbonyl (C=O) groups excluding carboxylic acids is 1. The molecular formula is C12H14N2OS2. The molecule has 1 N–H and O–H groups in total. The van der Waals surface area contributed by atoms with Gasteiger partial charge < -0.3 is 5.32 Å². The van der Waals surface area contributed by atoms with E-state index in [-0.39, 0.29) is 5.91 Å². The first-order valence-corrected chi connectivity index (χ1v) is 7.11. The highest BCUT2D eigenvalue weighted by Crippen LogP contribution is 2.17. The summed E-state index contributed by atoms with van der Waals surface area (Å²) in [5.41, 5.74) is 1.08. The Morgan fingerprint density at radius 2 is 2.29 bits per heavy atom. The Balaban J connectivity index is 1.84. The molecule has 2 heterocycles. The first-order chi connectivity index (χ1) is 8.16. The zero-order valence-corrected chi connectivity index (χ0v) is 11.5. The largest absolute Gasteiger partial charge is 0.351 e. The normalized spacial score (nSPS) is 10.5. The van der Waals surface area contributed by atoms with Crippen LogP contribution < -0.4 is 5.32 Å². The molecule has 0 atom stereocenters. The molecule has 90 valence electrons. The van der Waals surface area contributed by atoms with Crippen LogP contribution in [0.2, 0.25) is 0 Å².